The Labute approximate surface area is 180 Å². The summed E-state index contributed by atoms with van der Waals surface area (Å²) in [4.78, 5) is 4.74. The van der Waals surface area contributed by atoms with Crippen molar-refractivity contribution >= 4 is 5.96 Å². The average molecular weight is 417 g/mol. The number of guanidine groups is 1. The minimum Gasteiger partial charge on any atom is -0.490 e. The molecule has 7 heteroatoms. The molecule has 0 aliphatic rings. The van der Waals surface area contributed by atoms with Gasteiger partial charge in [-0.25, -0.2) is 4.99 Å². The van der Waals surface area contributed by atoms with E-state index in [0.717, 1.165) is 66.8 Å². The molecule has 30 heavy (non-hydrogen) atoms. The van der Waals surface area contributed by atoms with Crippen LogP contribution < -0.4 is 20.1 Å². The lowest BCUT2D eigenvalue weighted by molar-refractivity contribution is 0.287. The smallest absolute Gasteiger partial charge is 0.191 e. The van der Waals surface area contributed by atoms with Crippen molar-refractivity contribution in [3.63, 3.8) is 0 Å². The summed E-state index contributed by atoms with van der Waals surface area (Å²) in [5.41, 5.74) is 3.28. The Morgan fingerprint density at radius 2 is 1.77 bits per heavy atom. The van der Waals surface area contributed by atoms with Crippen LogP contribution in [0.4, 0.5) is 0 Å². The fourth-order valence-corrected chi connectivity index (χ4v) is 3.19. The summed E-state index contributed by atoms with van der Waals surface area (Å²) in [6.07, 6.45) is 2.52. The Morgan fingerprint density at radius 1 is 1.00 bits per heavy atom. The molecule has 0 aliphatic carbocycles. The first-order valence-electron chi connectivity index (χ1n) is 11.0. The first kappa shape index (κ1) is 23.6. The molecule has 0 aliphatic heterocycles. The van der Waals surface area contributed by atoms with E-state index in [2.05, 4.69) is 48.7 Å². The van der Waals surface area contributed by atoms with Gasteiger partial charge in [-0.2, -0.15) is 0 Å². The second kappa shape index (κ2) is 12.8. The van der Waals surface area contributed by atoms with Gasteiger partial charge in [-0.1, -0.05) is 25.1 Å². The molecule has 0 spiro atoms. The lowest BCUT2D eigenvalue weighted by Gasteiger charge is -2.14. The summed E-state index contributed by atoms with van der Waals surface area (Å²) in [5, 5.41) is 10.9. The van der Waals surface area contributed by atoms with Crippen molar-refractivity contribution in [2.45, 2.75) is 60.4 Å². The van der Waals surface area contributed by atoms with Crippen LogP contribution in [0.15, 0.2) is 27.7 Å². The molecule has 1 aromatic heterocycles. The molecule has 0 amide bonds. The number of hydrogen-bond acceptors (Lipinski definition) is 5. The van der Waals surface area contributed by atoms with Gasteiger partial charge >= 0.3 is 0 Å². The minimum atomic E-state index is 0.558. The highest BCUT2D eigenvalue weighted by Crippen LogP contribution is 2.28. The van der Waals surface area contributed by atoms with Crippen LogP contribution in [0.5, 0.6) is 11.5 Å². The van der Waals surface area contributed by atoms with E-state index in [1.165, 1.54) is 5.56 Å². The summed E-state index contributed by atoms with van der Waals surface area (Å²) >= 11 is 0. The summed E-state index contributed by atoms with van der Waals surface area (Å²) < 4.78 is 16.8. The van der Waals surface area contributed by atoms with Gasteiger partial charge in [0.15, 0.2) is 17.5 Å². The Bertz CT molecular complexity index is 780. The zero-order chi connectivity index (χ0) is 21.8. The van der Waals surface area contributed by atoms with Gasteiger partial charge in [0.25, 0.3) is 0 Å². The number of nitrogens with one attached hydrogen (secondary N) is 2. The zero-order valence-corrected chi connectivity index (χ0v) is 19.0. The molecule has 0 bridgehead atoms. The predicted molar refractivity (Wildman–Crippen MR) is 121 cm³/mol. The second-order valence-electron chi connectivity index (χ2n) is 6.76. The highest BCUT2D eigenvalue weighted by atomic mass is 16.5. The van der Waals surface area contributed by atoms with E-state index in [1.54, 1.807) is 0 Å². The van der Waals surface area contributed by atoms with Gasteiger partial charge in [0.1, 0.15) is 5.76 Å². The minimum absolute atomic E-state index is 0.558. The maximum absolute atomic E-state index is 5.72. The van der Waals surface area contributed by atoms with Gasteiger partial charge in [-0.15, -0.1) is 0 Å². The van der Waals surface area contributed by atoms with Gasteiger partial charge in [-0.3, -0.25) is 0 Å². The summed E-state index contributed by atoms with van der Waals surface area (Å²) in [5.74, 6) is 3.30. The Kier molecular flexibility index (Phi) is 10.0. The highest BCUT2D eigenvalue weighted by molar-refractivity contribution is 5.79. The third kappa shape index (κ3) is 6.68. The Hall–Kier alpha value is -2.70. The molecule has 0 fully saturated rings. The van der Waals surface area contributed by atoms with Crippen LogP contribution in [0.2, 0.25) is 0 Å². The number of aromatic nitrogens is 1. The molecule has 2 rings (SSSR count). The van der Waals surface area contributed by atoms with Crippen LogP contribution in [-0.2, 0) is 25.8 Å². The van der Waals surface area contributed by atoms with Crippen molar-refractivity contribution < 1.29 is 14.0 Å². The molecule has 0 saturated heterocycles. The Morgan fingerprint density at radius 3 is 2.43 bits per heavy atom. The summed E-state index contributed by atoms with van der Waals surface area (Å²) in [6.45, 7) is 13.5. The first-order chi connectivity index (χ1) is 14.7. The molecule has 0 unspecified atom stereocenters. The molecule has 7 nitrogen and oxygen atoms in total. The lowest BCUT2D eigenvalue weighted by Crippen LogP contribution is -2.38. The molecule has 166 valence electrons. The van der Waals surface area contributed by atoms with Crippen LogP contribution >= 0.6 is 0 Å². The zero-order valence-electron chi connectivity index (χ0n) is 19.0. The van der Waals surface area contributed by atoms with Gasteiger partial charge in [0.05, 0.1) is 25.5 Å². The third-order valence-electron chi connectivity index (χ3n) is 4.66. The topological polar surface area (TPSA) is 80.9 Å². The van der Waals surface area contributed by atoms with Crippen LogP contribution in [0, 0.1) is 0 Å². The van der Waals surface area contributed by atoms with Gasteiger partial charge < -0.3 is 24.6 Å². The molecule has 2 N–H and O–H groups in total. The standard InChI is InChI=1S/C23H36N4O3/c1-6-19-18(20(7-2)30-27-19)16-26-23(24-8-3)25-14-13-17-11-12-21(28-9-4)22(15-17)29-10-5/h11-12,15H,6-10,13-14,16H2,1-5H3,(H2,24,25,26). The van der Waals surface area contributed by atoms with Crippen LogP contribution in [0.1, 0.15) is 57.2 Å². The number of rotatable bonds is 12. The quantitative estimate of drug-likeness (QED) is 0.404. The maximum Gasteiger partial charge on any atom is 0.191 e. The summed E-state index contributed by atoms with van der Waals surface area (Å²) in [6, 6.07) is 6.11. The number of nitrogens with zero attached hydrogens (tertiary/aromatic N) is 2. The summed E-state index contributed by atoms with van der Waals surface area (Å²) in [7, 11) is 0. The van der Waals surface area contributed by atoms with E-state index in [1.807, 2.05) is 19.9 Å². The van der Waals surface area contributed by atoms with Crippen molar-refractivity contribution in [3.05, 3.63) is 40.8 Å². The number of aliphatic imine (C=N–C) groups is 1. The molecule has 0 radical (unpaired) electrons. The van der Waals surface area contributed by atoms with E-state index in [-0.39, 0.29) is 0 Å². The van der Waals surface area contributed by atoms with E-state index in [0.29, 0.717) is 19.8 Å². The molecular weight excluding hydrogens is 380 g/mol. The number of benzene rings is 1. The van der Waals surface area contributed by atoms with Crippen molar-refractivity contribution in [1.82, 2.24) is 15.8 Å². The van der Waals surface area contributed by atoms with Crippen LogP contribution in [0.25, 0.3) is 0 Å². The maximum atomic E-state index is 5.72. The van der Waals surface area contributed by atoms with E-state index < -0.39 is 0 Å². The van der Waals surface area contributed by atoms with E-state index in [9.17, 15) is 0 Å². The molecule has 0 atom stereocenters. The van der Waals surface area contributed by atoms with E-state index >= 15 is 0 Å². The fraction of sp³-hybridized carbons (Fsp3) is 0.565. The third-order valence-corrected chi connectivity index (χ3v) is 4.66. The highest BCUT2D eigenvalue weighted by Gasteiger charge is 2.13. The largest absolute Gasteiger partial charge is 0.490 e. The average Bonchev–Trinajstić information content (AvgIpc) is 3.16. The van der Waals surface area contributed by atoms with Crippen molar-refractivity contribution in [2.24, 2.45) is 4.99 Å². The molecule has 0 saturated carbocycles. The fourth-order valence-electron chi connectivity index (χ4n) is 3.19. The van der Waals surface area contributed by atoms with E-state index in [4.69, 9.17) is 19.0 Å². The molecule has 2 aromatic rings. The molecule has 1 heterocycles. The lowest BCUT2D eigenvalue weighted by atomic mass is 10.1. The van der Waals surface area contributed by atoms with Crippen LogP contribution in [0.3, 0.4) is 0 Å². The monoisotopic (exact) mass is 416 g/mol. The number of hydrogen-bond donors (Lipinski definition) is 2. The SMILES string of the molecule is CCNC(=NCc1c(CC)noc1CC)NCCc1ccc(OCC)c(OCC)c1. The molecule has 1 aromatic carbocycles. The second-order valence-corrected chi connectivity index (χ2v) is 6.76. The first-order valence-corrected chi connectivity index (χ1v) is 11.0. The normalized spacial score (nSPS) is 11.4. The van der Waals surface area contributed by atoms with Crippen molar-refractivity contribution in [2.75, 3.05) is 26.3 Å². The van der Waals surface area contributed by atoms with Gasteiger partial charge in [-0.05, 0) is 51.3 Å². The van der Waals surface area contributed by atoms with Gasteiger partial charge in [0, 0.05) is 25.1 Å². The Balaban J connectivity index is 2.00. The van der Waals surface area contributed by atoms with Gasteiger partial charge in [0.2, 0.25) is 0 Å². The molecular formula is C23H36N4O3. The van der Waals surface area contributed by atoms with Crippen LogP contribution in [-0.4, -0.2) is 37.4 Å². The van der Waals surface area contributed by atoms with Crippen molar-refractivity contribution in [3.8, 4) is 11.5 Å². The van der Waals surface area contributed by atoms with Crippen molar-refractivity contribution in [1.29, 1.82) is 0 Å². The number of aryl methyl sites for hydroxylation is 2. The number of ether oxygens (including phenoxy) is 2. The predicted octanol–water partition coefficient (Wildman–Crippen LogP) is 3.89.